The van der Waals surface area contributed by atoms with Crippen LogP contribution in [0.25, 0.3) is 0 Å². The van der Waals surface area contributed by atoms with Gasteiger partial charge in [0.05, 0.1) is 8.93 Å². The van der Waals surface area contributed by atoms with E-state index in [1.807, 2.05) is 18.3 Å². The Kier molecular flexibility index (Phi) is 3.86. The third-order valence-corrected chi connectivity index (χ3v) is 4.93. The van der Waals surface area contributed by atoms with Gasteiger partial charge in [-0.15, -0.1) is 11.3 Å². The molecule has 1 aromatic heterocycles. The molecule has 1 aliphatic carbocycles. The van der Waals surface area contributed by atoms with Gasteiger partial charge in [0, 0.05) is 10.9 Å². The first kappa shape index (κ1) is 12.3. The van der Waals surface area contributed by atoms with Crippen LogP contribution in [0, 0.1) is 2.88 Å². The van der Waals surface area contributed by atoms with Crippen molar-refractivity contribution in [2.75, 3.05) is 0 Å². The number of hydrogen-bond acceptors (Lipinski definition) is 3. The van der Waals surface area contributed by atoms with E-state index in [2.05, 4.69) is 34.0 Å². The van der Waals surface area contributed by atoms with Gasteiger partial charge in [-0.1, -0.05) is 0 Å². The molecule has 3 N–H and O–H groups in total. The summed E-state index contributed by atoms with van der Waals surface area (Å²) in [5.74, 6) is -0.281. The van der Waals surface area contributed by atoms with Crippen LogP contribution in [0.3, 0.4) is 0 Å². The smallest absolute Gasteiger partial charge is 0.234 e. The highest BCUT2D eigenvalue weighted by molar-refractivity contribution is 14.1. The third-order valence-electron chi connectivity index (χ3n) is 2.96. The van der Waals surface area contributed by atoms with Gasteiger partial charge >= 0.3 is 0 Å². The lowest BCUT2D eigenvalue weighted by Gasteiger charge is -2.25. The Morgan fingerprint density at radius 1 is 1.75 bits per heavy atom. The fourth-order valence-electron chi connectivity index (χ4n) is 2.08. The summed E-state index contributed by atoms with van der Waals surface area (Å²) in [5, 5.41) is 3.32. The Morgan fingerprint density at radius 2 is 2.50 bits per heavy atom. The lowest BCUT2D eigenvalue weighted by atomic mass is 9.93. The number of hydrogen-bond donors (Lipinski definition) is 2. The normalized spacial score (nSPS) is 21.5. The summed E-state index contributed by atoms with van der Waals surface area (Å²) >= 11 is 4.22. The van der Waals surface area contributed by atoms with Gasteiger partial charge in [0.1, 0.15) is 0 Å². The van der Waals surface area contributed by atoms with Crippen LogP contribution in [-0.4, -0.2) is 11.9 Å². The lowest BCUT2D eigenvalue weighted by Crippen LogP contribution is -2.41. The predicted octanol–water partition coefficient (Wildman–Crippen LogP) is 2.19. The Morgan fingerprint density at radius 3 is 3.19 bits per heavy atom. The second-order valence-corrected chi connectivity index (χ2v) is 7.20. The number of primary amides is 1. The molecular formula is C11H15IN2OS. The van der Waals surface area contributed by atoms with E-state index in [9.17, 15) is 4.79 Å². The number of carbonyl (C=O) groups excluding carboxylic acids is 1. The van der Waals surface area contributed by atoms with Crippen molar-refractivity contribution in [2.45, 2.75) is 38.3 Å². The zero-order valence-electron chi connectivity index (χ0n) is 9.13. The van der Waals surface area contributed by atoms with Crippen molar-refractivity contribution < 1.29 is 4.79 Å². The van der Waals surface area contributed by atoms with Gasteiger partial charge in [-0.3, -0.25) is 10.1 Å². The van der Waals surface area contributed by atoms with E-state index >= 15 is 0 Å². The van der Waals surface area contributed by atoms with Crippen LogP contribution < -0.4 is 11.1 Å². The van der Waals surface area contributed by atoms with Crippen LogP contribution in [0.2, 0.25) is 0 Å². The quantitative estimate of drug-likeness (QED) is 0.822. The summed E-state index contributed by atoms with van der Waals surface area (Å²) in [5.41, 5.74) is 6.65. The van der Waals surface area contributed by atoms with Crippen molar-refractivity contribution in [3.63, 3.8) is 0 Å². The summed E-state index contributed by atoms with van der Waals surface area (Å²) in [4.78, 5) is 12.5. The van der Waals surface area contributed by atoms with Gasteiger partial charge in [0.25, 0.3) is 0 Å². The Hall–Kier alpha value is -0.140. The Bertz CT molecular complexity index is 405. The molecule has 0 saturated heterocycles. The first-order valence-electron chi connectivity index (χ1n) is 5.41. The van der Waals surface area contributed by atoms with E-state index in [1.165, 1.54) is 26.2 Å². The number of thiophene rings is 1. The highest BCUT2D eigenvalue weighted by Gasteiger charge is 2.24. The first-order chi connectivity index (χ1) is 7.58. The molecule has 0 radical (unpaired) electrons. The number of aryl methyl sites for hydroxylation is 1. The van der Waals surface area contributed by atoms with E-state index in [1.54, 1.807) is 0 Å². The number of nitrogens with one attached hydrogen (secondary N) is 1. The van der Waals surface area contributed by atoms with E-state index in [-0.39, 0.29) is 11.9 Å². The van der Waals surface area contributed by atoms with Gasteiger partial charge in [0.2, 0.25) is 5.91 Å². The van der Waals surface area contributed by atoms with E-state index in [0.29, 0.717) is 6.04 Å². The molecule has 1 heterocycles. The van der Waals surface area contributed by atoms with Gasteiger partial charge in [-0.05, 0) is 60.4 Å². The second kappa shape index (κ2) is 5.01. The lowest BCUT2D eigenvalue weighted by molar-refractivity contribution is -0.119. The van der Waals surface area contributed by atoms with Crippen LogP contribution in [-0.2, 0) is 11.2 Å². The number of fused-ring (bicyclic) bond motifs is 1. The SMILES string of the molecule is CC(NC1CCCc2sc(I)cc21)C(N)=O. The molecule has 2 rings (SSSR count). The molecule has 0 aromatic carbocycles. The Labute approximate surface area is 113 Å². The first-order valence-corrected chi connectivity index (χ1v) is 7.31. The van der Waals surface area contributed by atoms with Crippen LogP contribution in [0.15, 0.2) is 6.07 Å². The predicted molar refractivity (Wildman–Crippen MR) is 74.5 cm³/mol. The molecule has 1 aliphatic rings. The van der Waals surface area contributed by atoms with Crippen LogP contribution in [0.1, 0.15) is 36.2 Å². The molecule has 0 bridgehead atoms. The third kappa shape index (κ3) is 2.57. The molecule has 0 spiro atoms. The van der Waals surface area contributed by atoms with Gasteiger partial charge in [0.15, 0.2) is 0 Å². The number of carbonyl (C=O) groups is 1. The molecular weight excluding hydrogens is 335 g/mol. The van der Waals surface area contributed by atoms with Gasteiger partial charge in [-0.25, -0.2) is 0 Å². The van der Waals surface area contributed by atoms with Gasteiger partial charge in [-0.2, -0.15) is 0 Å². The highest BCUT2D eigenvalue weighted by Crippen LogP contribution is 2.36. The standard InChI is InChI=1S/C11H15IN2OS/c1-6(11(13)15)14-8-3-2-4-9-7(8)5-10(12)16-9/h5-6,8,14H,2-4H2,1H3,(H2,13,15). The fraction of sp³-hybridized carbons (Fsp3) is 0.545. The molecule has 0 fully saturated rings. The van der Waals surface area contributed by atoms with Crippen LogP contribution in [0.4, 0.5) is 0 Å². The van der Waals surface area contributed by atoms with E-state index in [0.717, 1.165) is 6.42 Å². The maximum absolute atomic E-state index is 11.1. The summed E-state index contributed by atoms with van der Waals surface area (Å²) in [6, 6.07) is 2.27. The van der Waals surface area contributed by atoms with Crippen molar-refractivity contribution in [2.24, 2.45) is 5.73 Å². The molecule has 16 heavy (non-hydrogen) atoms. The minimum atomic E-state index is -0.281. The monoisotopic (exact) mass is 350 g/mol. The molecule has 0 aliphatic heterocycles. The molecule has 1 amide bonds. The zero-order valence-corrected chi connectivity index (χ0v) is 12.1. The number of halogens is 1. The topological polar surface area (TPSA) is 55.1 Å². The van der Waals surface area contributed by atoms with Crippen molar-refractivity contribution in [3.05, 3.63) is 19.4 Å². The fourth-order valence-corrected chi connectivity index (χ4v) is 4.20. The largest absolute Gasteiger partial charge is 0.368 e. The summed E-state index contributed by atoms with van der Waals surface area (Å²) in [6.07, 6.45) is 3.45. The molecule has 2 unspecified atom stereocenters. The summed E-state index contributed by atoms with van der Waals surface area (Å²) < 4.78 is 1.32. The summed E-state index contributed by atoms with van der Waals surface area (Å²) in [6.45, 7) is 1.83. The molecule has 1 aromatic rings. The second-order valence-electron chi connectivity index (χ2n) is 4.16. The molecule has 88 valence electrons. The van der Waals surface area contributed by atoms with Crippen molar-refractivity contribution >= 4 is 39.8 Å². The number of nitrogens with two attached hydrogens (primary N) is 1. The van der Waals surface area contributed by atoms with Gasteiger partial charge < -0.3 is 5.73 Å². The number of rotatable bonds is 3. The maximum Gasteiger partial charge on any atom is 0.234 e. The maximum atomic E-state index is 11.1. The average Bonchev–Trinajstić information content (AvgIpc) is 2.59. The summed E-state index contributed by atoms with van der Waals surface area (Å²) in [7, 11) is 0. The highest BCUT2D eigenvalue weighted by atomic mass is 127. The molecule has 0 saturated carbocycles. The average molecular weight is 350 g/mol. The zero-order chi connectivity index (χ0) is 11.7. The van der Waals surface area contributed by atoms with Crippen molar-refractivity contribution in [3.8, 4) is 0 Å². The Balaban J connectivity index is 2.15. The molecule has 5 heteroatoms. The van der Waals surface area contributed by atoms with Crippen LogP contribution in [0.5, 0.6) is 0 Å². The molecule has 3 nitrogen and oxygen atoms in total. The number of amides is 1. The van der Waals surface area contributed by atoms with Crippen molar-refractivity contribution in [1.29, 1.82) is 0 Å². The van der Waals surface area contributed by atoms with Crippen molar-refractivity contribution in [1.82, 2.24) is 5.32 Å². The van der Waals surface area contributed by atoms with Crippen LogP contribution >= 0.6 is 33.9 Å². The molecule has 2 atom stereocenters. The minimum absolute atomic E-state index is 0.256. The van der Waals surface area contributed by atoms with E-state index in [4.69, 9.17) is 5.73 Å². The van der Waals surface area contributed by atoms with E-state index < -0.39 is 0 Å². The minimum Gasteiger partial charge on any atom is -0.368 e.